The molecule has 2 unspecified atom stereocenters. The van der Waals surface area contributed by atoms with Gasteiger partial charge in [-0.1, -0.05) is 30.3 Å². The molecule has 5 nitrogen and oxygen atoms in total. The topological polar surface area (TPSA) is 58.4 Å². The molecule has 1 aromatic heterocycles. The van der Waals surface area contributed by atoms with Crippen LogP contribution in [-0.2, 0) is 11.3 Å². The number of hydrogen-bond donors (Lipinski definition) is 1. The molecule has 1 amide bonds. The highest BCUT2D eigenvalue weighted by Gasteiger charge is 2.34. The molecule has 5 heteroatoms. The Morgan fingerprint density at radius 1 is 1.33 bits per heavy atom. The van der Waals surface area contributed by atoms with Gasteiger partial charge in [0.2, 0.25) is 5.91 Å². The van der Waals surface area contributed by atoms with Crippen LogP contribution in [0.5, 0.6) is 0 Å². The van der Waals surface area contributed by atoms with Gasteiger partial charge >= 0.3 is 0 Å². The largest absolute Gasteiger partial charge is 0.396 e. The lowest BCUT2D eigenvalue weighted by Crippen LogP contribution is -2.33. The molecule has 3 rings (SSSR count). The molecule has 1 fully saturated rings. The molecule has 1 aliphatic heterocycles. The summed E-state index contributed by atoms with van der Waals surface area (Å²) in [4.78, 5) is 18.2. The van der Waals surface area contributed by atoms with E-state index in [1.54, 1.807) is 12.5 Å². The lowest BCUT2D eigenvalue weighted by Gasteiger charge is -2.29. The molecule has 21 heavy (non-hydrogen) atoms. The number of imidazole rings is 1. The fourth-order valence-corrected chi connectivity index (χ4v) is 2.89. The molecule has 1 saturated heterocycles. The highest BCUT2D eigenvalue weighted by Crippen LogP contribution is 2.29. The molecular formula is C16H19N3O2. The van der Waals surface area contributed by atoms with Crippen LogP contribution < -0.4 is 0 Å². The van der Waals surface area contributed by atoms with Gasteiger partial charge in [0.15, 0.2) is 0 Å². The SMILES string of the molecule is O=C1CC(CO)CN1C(Cn1ccnc1)c1ccccc1. The van der Waals surface area contributed by atoms with Gasteiger partial charge in [-0.2, -0.15) is 0 Å². The maximum atomic E-state index is 12.3. The zero-order chi connectivity index (χ0) is 14.7. The number of aliphatic hydroxyl groups is 1. The Labute approximate surface area is 123 Å². The van der Waals surface area contributed by atoms with Gasteiger partial charge in [0.25, 0.3) is 0 Å². The van der Waals surface area contributed by atoms with Crippen LogP contribution in [0.25, 0.3) is 0 Å². The van der Waals surface area contributed by atoms with Crippen LogP contribution in [0.4, 0.5) is 0 Å². The van der Waals surface area contributed by atoms with Crippen LogP contribution in [0.15, 0.2) is 49.1 Å². The number of carbonyl (C=O) groups excluding carboxylic acids is 1. The summed E-state index contributed by atoms with van der Waals surface area (Å²) in [7, 11) is 0. The summed E-state index contributed by atoms with van der Waals surface area (Å²) in [6.45, 7) is 1.35. The molecule has 0 aliphatic carbocycles. The average molecular weight is 285 g/mol. The quantitative estimate of drug-likeness (QED) is 0.905. The summed E-state index contributed by atoms with van der Waals surface area (Å²) in [6, 6.07) is 10.0. The van der Waals surface area contributed by atoms with Crippen LogP contribution in [0.1, 0.15) is 18.0 Å². The fourth-order valence-electron chi connectivity index (χ4n) is 2.89. The maximum Gasteiger partial charge on any atom is 0.223 e. The highest BCUT2D eigenvalue weighted by molar-refractivity contribution is 5.79. The van der Waals surface area contributed by atoms with Crippen molar-refractivity contribution in [1.29, 1.82) is 0 Å². The first-order chi connectivity index (χ1) is 10.3. The summed E-state index contributed by atoms with van der Waals surface area (Å²) in [5.74, 6) is 0.162. The number of nitrogens with zero attached hydrogens (tertiary/aromatic N) is 3. The molecule has 2 heterocycles. The first kappa shape index (κ1) is 13.8. The first-order valence-electron chi connectivity index (χ1n) is 7.19. The van der Waals surface area contributed by atoms with E-state index >= 15 is 0 Å². The van der Waals surface area contributed by atoms with Crippen LogP contribution in [0.3, 0.4) is 0 Å². The molecule has 1 aromatic carbocycles. The highest BCUT2D eigenvalue weighted by atomic mass is 16.3. The van der Waals surface area contributed by atoms with E-state index in [4.69, 9.17) is 0 Å². The van der Waals surface area contributed by atoms with Crippen molar-refractivity contribution in [3.05, 3.63) is 54.6 Å². The van der Waals surface area contributed by atoms with Crippen molar-refractivity contribution in [2.45, 2.75) is 19.0 Å². The molecule has 2 atom stereocenters. The Hall–Kier alpha value is -2.14. The van der Waals surface area contributed by atoms with E-state index in [-0.39, 0.29) is 24.5 Å². The van der Waals surface area contributed by atoms with E-state index in [9.17, 15) is 9.90 Å². The number of benzene rings is 1. The lowest BCUT2D eigenvalue weighted by atomic mass is 10.1. The van der Waals surface area contributed by atoms with Crippen LogP contribution >= 0.6 is 0 Å². The van der Waals surface area contributed by atoms with E-state index in [0.29, 0.717) is 19.5 Å². The van der Waals surface area contributed by atoms with E-state index in [1.165, 1.54) is 0 Å². The van der Waals surface area contributed by atoms with Crippen molar-refractivity contribution in [2.75, 3.05) is 13.2 Å². The van der Waals surface area contributed by atoms with Gasteiger partial charge in [0.05, 0.1) is 12.4 Å². The molecule has 0 bridgehead atoms. The molecule has 0 spiro atoms. The molecule has 2 aromatic rings. The van der Waals surface area contributed by atoms with Crippen molar-refractivity contribution >= 4 is 5.91 Å². The van der Waals surface area contributed by atoms with Crippen LogP contribution in [0, 0.1) is 5.92 Å². The van der Waals surface area contributed by atoms with Gasteiger partial charge in [0, 0.05) is 44.4 Å². The van der Waals surface area contributed by atoms with Gasteiger partial charge in [-0.3, -0.25) is 4.79 Å². The standard InChI is InChI=1S/C16H19N3O2/c20-11-13-8-16(21)19(9-13)15(10-18-7-6-17-12-18)14-4-2-1-3-5-14/h1-7,12-13,15,20H,8-11H2. The van der Waals surface area contributed by atoms with E-state index in [2.05, 4.69) is 4.98 Å². The minimum absolute atomic E-state index is 0.0237. The second kappa shape index (κ2) is 6.10. The number of aromatic nitrogens is 2. The summed E-state index contributed by atoms with van der Waals surface area (Å²) in [5.41, 5.74) is 1.11. The van der Waals surface area contributed by atoms with Crippen molar-refractivity contribution in [3.63, 3.8) is 0 Å². The Morgan fingerprint density at radius 2 is 2.14 bits per heavy atom. The summed E-state index contributed by atoms with van der Waals surface area (Å²) in [6.07, 6.45) is 5.84. The Balaban J connectivity index is 1.87. The molecule has 1 N–H and O–H groups in total. The Bertz CT molecular complexity index is 583. The number of aliphatic hydroxyl groups excluding tert-OH is 1. The van der Waals surface area contributed by atoms with Gasteiger partial charge in [0.1, 0.15) is 0 Å². The molecule has 1 aliphatic rings. The molecule has 0 saturated carbocycles. The van der Waals surface area contributed by atoms with Crippen LogP contribution in [0.2, 0.25) is 0 Å². The number of likely N-dealkylation sites (tertiary alicyclic amines) is 1. The van der Waals surface area contributed by atoms with Gasteiger partial charge < -0.3 is 14.6 Å². The summed E-state index contributed by atoms with van der Waals surface area (Å²) >= 11 is 0. The molecule has 110 valence electrons. The third-order valence-electron chi connectivity index (χ3n) is 4.00. The molecule has 0 radical (unpaired) electrons. The number of rotatable bonds is 5. The fraction of sp³-hybridized carbons (Fsp3) is 0.375. The van der Waals surface area contributed by atoms with Gasteiger partial charge in [-0.15, -0.1) is 0 Å². The predicted octanol–water partition coefficient (Wildman–Crippen LogP) is 1.47. The molecular weight excluding hydrogens is 266 g/mol. The second-order valence-electron chi connectivity index (χ2n) is 5.48. The van der Waals surface area contributed by atoms with Gasteiger partial charge in [-0.25, -0.2) is 4.98 Å². The van der Waals surface area contributed by atoms with Gasteiger partial charge in [-0.05, 0) is 5.56 Å². The predicted molar refractivity (Wildman–Crippen MR) is 78.3 cm³/mol. The summed E-state index contributed by atoms with van der Waals surface area (Å²) in [5, 5.41) is 9.32. The zero-order valence-corrected chi connectivity index (χ0v) is 11.8. The van der Waals surface area contributed by atoms with Crippen molar-refractivity contribution in [2.24, 2.45) is 5.92 Å². The maximum absolute atomic E-state index is 12.3. The van der Waals surface area contributed by atoms with E-state index in [1.807, 2.05) is 46.0 Å². The minimum atomic E-state index is -0.0237. The third-order valence-corrected chi connectivity index (χ3v) is 4.00. The third kappa shape index (κ3) is 2.97. The monoisotopic (exact) mass is 285 g/mol. The van der Waals surface area contributed by atoms with Crippen molar-refractivity contribution in [3.8, 4) is 0 Å². The first-order valence-corrected chi connectivity index (χ1v) is 7.19. The summed E-state index contributed by atoms with van der Waals surface area (Å²) < 4.78 is 1.98. The van der Waals surface area contributed by atoms with Crippen molar-refractivity contribution < 1.29 is 9.90 Å². The Morgan fingerprint density at radius 3 is 2.76 bits per heavy atom. The van der Waals surface area contributed by atoms with E-state index < -0.39 is 0 Å². The normalized spacial score (nSPS) is 20.0. The number of amides is 1. The number of hydrogen-bond acceptors (Lipinski definition) is 3. The van der Waals surface area contributed by atoms with Crippen molar-refractivity contribution in [1.82, 2.24) is 14.5 Å². The smallest absolute Gasteiger partial charge is 0.223 e. The van der Waals surface area contributed by atoms with E-state index in [0.717, 1.165) is 5.56 Å². The minimum Gasteiger partial charge on any atom is -0.396 e. The second-order valence-corrected chi connectivity index (χ2v) is 5.48. The number of carbonyl (C=O) groups is 1. The lowest BCUT2D eigenvalue weighted by molar-refractivity contribution is -0.130. The Kier molecular flexibility index (Phi) is 4.01. The average Bonchev–Trinajstić information content (AvgIpc) is 3.15. The zero-order valence-electron chi connectivity index (χ0n) is 11.8. The van der Waals surface area contributed by atoms with Crippen LogP contribution in [-0.4, -0.2) is 38.6 Å².